The largest absolute Gasteiger partial charge is 0.481 e. The van der Waals surface area contributed by atoms with Crippen molar-refractivity contribution in [3.63, 3.8) is 0 Å². The molecule has 0 saturated heterocycles. The van der Waals surface area contributed by atoms with Gasteiger partial charge < -0.3 is 48.3 Å². The molecule has 0 bridgehead atoms. The number of aliphatic imine (C=N–C) groups is 1. The fourth-order valence-electron chi connectivity index (χ4n) is 4.28. The highest BCUT2D eigenvalue weighted by Crippen LogP contribution is 2.19. The minimum atomic E-state index is -1.57. The number of guanidine groups is 1. The number of aliphatic carboxylic acids is 2. The van der Waals surface area contributed by atoms with Crippen LogP contribution in [0.15, 0.2) is 35.5 Å². The van der Waals surface area contributed by atoms with Gasteiger partial charge in [-0.1, -0.05) is 32.0 Å². The Balaban J connectivity index is 2.26. The van der Waals surface area contributed by atoms with Gasteiger partial charge >= 0.3 is 11.9 Å². The van der Waals surface area contributed by atoms with Gasteiger partial charge in [-0.3, -0.25) is 24.2 Å². The molecule has 2 rings (SSSR count). The zero-order valence-corrected chi connectivity index (χ0v) is 23.6. The van der Waals surface area contributed by atoms with Crippen molar-refractivity contribution in [3.05, 3.63) is 36.0 Å². The minimum Gasteiger partial charge on any atom is -0.481 e. The average molecular weight is 589 g/mol. The number of carboxylic acid groups (broad SMARTS) is 2. The van der Waals surface area contributed by atoms with Gasteiger partial charge in [0.2, 0.25) is 17.7 Å². The van der Waals surface area contributed by atoms with E-state index < -0.39 is 60.2 Å². The lowest BCUT2D eigenvalue weighted by atomic mass is 10.0. The normalized spacial score (nSPS) is 13.9. The number of carboxylic acids is 2. The van der Waals surface area contributed by atoms with E-state index in [0.717, 1.165) is 10.9 Å². The number of fused-ring (bicyclic) bond motifs is 1. The van der Waals surface area contributed by atoms with E-state index in [4.69, 9.17) is 17.2 Å². The molecule has 2 aromatic rings. The first-order valence-corrected chi connectivity index (χ1v) is 13.5. The fourth-order valence-corrected chi connectivity index (χ4v) is 4.28. The molecule has 4 unspecified atom stereocenters. The molecule has 1 aromatic heterocycles. The molecule has 0 fully saturated rings. The third-order valence-corrected chi connectivity index (χ3v) is 6.37. The van der Waals surface area contributed by atoms with Crippen LogP contribution >= 0.6 is 0 Å². The van der Waals surface area contributed by atoms with Crippen molar-refractivity contribution >= 4 is 46.5 Å². The molecule has 0 saturated carbocycles. The fraction of sp³-hybridized carbons (Fsp3) is 0.481. The molecule has 1 aromatic carbocycles. The van der Waals surface area contributed by atoms with Gasteiger partial charge in [-0.2, -0.15) is 0 Å². The zero-order valence-electron chi connectivity index (χ0n) is 23.6. The number of hydrogen-bond donors (Lipinski definition) is 9. The molecule has 230 valence electrons. The Morgan fingerprint density at radius 3 is 2.17 bits per heavy atom. The number of nitrogens with zero attached hydrogens (tertiary/aromatic N) is 1. The number of nitrogens with one attached hydrogen (secondary N) is 4. The standard InChI is InChI=1S/C27H40N8O7/c1-14(2)10-21(26(41)42)35-24(39)19(11-15-13-32-18-8-4-3-6-16(15)18)34-25(40)20(12-22(36)37)33-23(38)17(28)7-5-9-31-27(29)30/h3-4,6,8,13-14,17,19-21,32H,5,7,9-12,28H2,1-2H3,(H,33,38)(H,34,40)(H,35,39)(H,36,37)(H,41,42)(H4,29,30,31). The smallest absolute Gasteiger partial charge is 0.326 e. The monoisotopic (exact) mass is 588 g/mol. The van der Waals surface area contributed by atoms with Gasteiger partial charge in [0.05, 0.1) is 12.5 Å². The van der Waals surface area contributed by atoms with Crippen LogP contribution in [0.3, 0.4) is 0 Å². The molecule has 12 N–H and O–H groups in total. The summed E-state index contributed by atoms with van der Waals surface area (Å²) in [5, 5.41) is 27.1. The molecular weight excluding hydrogens is 548 g/mol. The molecule has 3 amide bonds. The Labute approximate surface area is 242 Å². The molecule has 4 atom stereocenters. The summed E-state index contributed by atoms with van der Waals surface area (Å²) >= 11 is 0. The van der Waals surface area contributed by atoms with E-state index in [-0.39, 0.29) is 37.7 Å². The Morgan fingerprint density at radius 2 is 1.55 bits per heavy atom. The first-order valence-electron chi connectivity index (χ1n) is 13.5. The van der Waals surface area contributed by atoms with E-state index in [9.17, 15) is 34.2 Å². The number of rotatable bonds is 17. The third kappa shape index (κ3) is 10.7. The number of H-pyrrole nitrogens is 1. The van der Waals surface area contributed by atoms with Crippen molar-refractivity contribution in [2.24, 2.45) is 28.1 Å². The third-order valence-electron chi connectivity index (χ3n) is 6.37. The molecule has 0 aliphatic heterocycles. The Kier molecular flexibility index (Phi) is 12.7. The van der Waals surface area contributed by atoms with Gasteiger partial charge in [0, 0.05) is 30.1 Å². The van der Waals surface area contributed by atoms with E-state index in [0.29, 0.717) is 12.0 Å². The first kappa shape index (κ1) is 33.5. The lowest BCUT2D eigenvalue weighted by Crippen LogP contribution is -2.58. The molecular formula is C27H40N8O7. The number of para-hydroxylation sites is 1. The maximum Gasteiger partial charge on any atom is 0.326 e. The molecule has 42 heavy (non-hydrogen) atoms. The van der Waals surface area contributed by atoms with Crippen molar-refractivity contribution in [2.75, 3.05) is 6.54 Å². The van der Waals surface area contributed by atoms with Crippen molar-refractivity contribution < 1.29 is 34.2 Å². The van der Waals surface area contributed by atoms with Crippen LogP contribution in [0, 0.1) is 5.92 Å². The number of benzene rings is 1. The van der Waals surface area contributed by atoms with E-state index in [1.165, 1.54) is 0 Å². The number of carbonyl (C=O) groups excluding carboxylic acids is 3. The van der Waals surface area contributed by atoms with Crippen molar-refractivity contribution in [2.45, 2.75) is 70.1 Å². The van der Waals surface area contributed by atoms with E-state index in [1.807, 2.05) is 18.2 Å². The average Bonchev–Trinajstić information content (AvgIpc) is 3.31. The molecule has 1 heterocycles. The summed E-state index contributed by atoms with van der Waals surface area (Å²) in [7, 11) is 0. The van der Waals surface area contributed by atoms with Crippen LogP contribution < -0.4 is 33.2 Å². The van der Waals surface area contributed by atoms with Crippen LogP contribution in [-0.4, -0.2) is 81.5 Å². The number of carbonyl (C=O) groups is 5. The topological polar surface area (TPSA) is 268 Å². The van der Waals surface area contributed by atoms with Gasteiger partial charge in [0.15, 0.2) is 5.96 Å². The van der Waals surface area contributed by atoms with E-state index >= 15 is 0 Å². The lowest BCUT2D eigenvalue weighted by molar-refractivity contribution is -0.143. The Hall–Kier alpha value is -4.66. The first-order chi connectivity index (χ1) is 19.8. The quantitative estimate of drug-likeness (QED) is 0.0627. The van der Waals surface area contributed by atoms with Crippen LogP contribution in [0.25, 0.3) is 10.9 Å². The van der Waals surface area contributed by atoms with Crippen molar-refractivity contribution in [1.82, 2.24) is 20.9 Å². The second-order valence-electron chi connectivity index (χ2n) is 10.4. The molecule has 0 spiro atoms. The number of aromatic amines is 1. The maximum absolute atomic E-state index is 13.4. The predicted octanol–water partition coefficient (Wildman–Crippen LogP) is -0.849. The second-order valence-corrected chi connectivity index (χ2v) is 10.4. The zero-order chi connectivity index (χ0) is 31.4. The van der Waals surface area contributed by atoms with E-state index in [2.05, 4.69) is 25.9 Å². The van der Waals surface area contributed by atoms with Crippen LogP contribution in [0.4, 0.5) is 0 Å². The van der Waals surface area contributed by atoms with Crippen LogP contribution in [0.1, 0.15) is 45.1 Å². The van der Waals surface area contributed by atoms with Crippen molar-refractivity contribution in [1.29, 1.82) is 0 Å². The van der Waals surface area contributed by atoms with E-state index in [1.54, 1.807) is 26.1 Å². The highest BCUT2D eigenvalue weighted by atomic mass is 16.4. The van der Waals surface area contributed by atoms with Gasteiger partial charge in [-0.25, -0.2) is 4.79 Å². The number of hydrogen-bond acceptors (Lipinski definition) is 7. The van der Waals surface area contributed by atoms with Crippen LogP contribution in [-0.2, 0) is 30.4 Å². The van der Waals surface area contributed by atoms with Crippen LogP contribution in [0.5, 0.6) is 0 Å². The van der Waals surface area contributed by atoms with Gasteiger partial charge in [-0.05, 0) is 36.8 Å². The van der Waals surface area contributed by atoms with Gasteiger partial charge in [-0.15, -0.1) is 0 Å². The Morgan fingerprint density at radius 1 is 0.929 bits per heavy atom. The summed E-state index contributed by atoms with van der Waals surface area (Å²) in [6, 6.07) is 2.10. The Bertz CT molecular complexity index is 1290. The summed E-state index contributed by atoms with van der Waals surface area (Å²) in [5.41, 5.74) is 17.9. The minimum absolute atomic E-state index is 0.0480. The summed E-state index contributed by atoms with van der Waals surface area (Å²) < 4.78 is 0. The summed E-state index contributed by atoms with van der Waals surface area (Å²) in [5.74, 6) is -5.28. The maximum atomic E-state index is 13.4. The molecule has 15 nitrogen and oxygen atoms in total. The second kappa shape index (κ2) is 16.0. The summed E-state index contributed by atoms with van der Waals surface area (Å²) in [4.78, 5) is 69.5. The SMILES string of the molecule is CC(C)CC(NC(=O)C(Cc1c[nH]c2ccccc12)NC(=O)C(CC(=O)O)NC(=O)C(N)CCCN=C(N)N)C(=O)O. The molecule has 0 radical (unpaired) electrons. The summed E-state index contributed by atoms with van der Waals surface area (Å²) in [6.45, 7) is 3.83. The highest BCUT2D eigenvalue weighted by Gasteiger charge is 2.32. The molecule has 15 heteroatoms. The van der Waals surface area contributed by atoms with Crippen molar-refractivity contribution in [3.8, 4) is 0 Å². The van der Waals surface area contributed by atoms with Crippen LogP contribution in [0.2, 0.25) is 0 Å². The number of nitrogens with two attached hydrogens (primary N) is 3. The van der Waals surface area contributed by atoms with Gasteiger partial charge in [0.1, 0.15) is 18.1 Å². The van der Waals surface area contributed by atoms with Gasteiger partial charge in [0.25, 0.3) is 0 Å². The lowest BCUT2D eigenvalue weighted by Gasteiger charge is -2.25. The highest BCUT2D eigenvalue weighted by molar-refractivity contribution is 5.96. The molecule has 0 aliphatic rings. The number of aromatic nitrogens is 1. The summed E-state index contributed by atoms with van der Waals surface area (Å²) in [6.07, 6.45) is 1.49. The predicted molar refractivity (Wildman–Crippen MR) is 155 cm³/mol. The number of amides is 3. The molecule has 0 aliphatic carbocycles.